The highest BCUT2D eigenvalue weighted by Crippen LogP contribution is 2.66. The summed E-state index contributed by atoms with van der Waals surface area (Å²) in [6.07, 6.45) is 5.25. The minimum absolute atomic E-state index is 0.124. The van der Waals surface area contributed by atoms with Crippen LogP contribution in [-0.4, -0.2) is 5.78 Å². The number of Topliss-reactive ketones (excluding diaryl/α,β-unsaturated/α-hetero) is 1. The first-order valence-corrected chi connectivity index (χ1v) is 7.25. The zero-order chi connectivity index (χ0) is 13.7. The second-order valence-corrected chi connectivity index (χ2v) is 6.73. The van der Waals surface area contributed by atoms with E-state index in [0.29, 0.717) is 11.7 Å². The van der Waals surface area contributed by atoms with Gasteiger partial charge in [-0.1, -0.05) is 55.8 Å². The van der Waals surface area contributed by atoms with Crippen molar-refractivity contribution in [2.45, 2.75) is 40.0 Å². The van der Waals surface area contributed by atoms with Gasteiger partial charge in [0.25, 0.3) is 0 Å². The van der Waals surface area contributed by atoms with Crippen molar-refractivity contribution in [3.63, 3.8) is 0 Å². The number of benzene rings is 1. The molecule has 0 aromatic heterocycles. The van der Waals surface area contributed by atoms with Crippen LogP contribution in [0.2, 0.25) is 0 Å². The largest absolute Gasteiger partial charge is 0.299 e. The van der Waals surface area contributed by atoms with E-state index in [0.717, 1.165) is 12.8 Å². The van der Waals surface area contributed by atoms with Gasteiger partial charge < -0.3 is 0 Å². The summed E-state index contributed by atoms with van der Waals surface area (Å²) in [5.74, 6) is 1.05. The second kappa shape index (κ2) is 4.06. The molecule has 0 radical (unpaired) electrons. The number of allylic oxidation sites excluding steroid dienone is 1. The summed E-state index contributed by atoms with van der Waals surface area (Å²) in [4.78, 5) is 12.6. The maximum atomic E-state index is 12.6. The van der Waals surface area contributed by atoms with E-state index in [4.69, 9.17) is 0 Å². The maximum Gasteiger partial charge on any atom is 0.143 e. The van der Waals surface area contributed by atoms with E-state index in [2.05, 4.69) is 51.1 Å². The standard InChI is InChI=1S/C18H22O/c1-13(11-14-7-5-4-6-8-14)18-10-9-15(12-16(18)19)17(18,2)3/h4-8,11,15H,9-10,12H2,1-3H3. The lowest BCUT2D eigenvalue weighted by molar-refractivity contribution is -0.126. The molecule has 100 valence electrons. The van der Waals surface area contributed by atoms with E-state index >= 15 is 0 Å². The Labute approximate surface area is 115 Å². The molecule has 19 heavy (non-hydrogen) atoms. The lowest BCUT2D eigenvalue weighted by Crippen LogP contribution is -2.36. The first kappa shape index (κ1) is 12.7. The minimum atomic E-state index is -0.201. The number of carbonyl (C=O) groups excluding carboxylic acids is 1. The molecular weight excluding hydrogens is 232 g/mol. The van der Waals surface area contributed by atoms with Gasteiger partial charge in [-0.25, -0.2) is 0 Å². The number of ketones is 1. The zero-order valence-corrected chi connectivity index (χ0v) is 12.1. The van der Waals surface area contributed by atoms with Crippen LogP contribution in [-0.2, 0) is 4.79 Å². The van der Waals surface area contributed by atoms with E-state index in [1.165, 1.54) is 17.6 Å². The van der Waals surface area contributed by atoms with Crippen LogP contribution in [0.1, 0.15) is 45.6 Å². The Morgan fingerprint density at radius 2 is 1.95 bits per heavy atom. The van der Waals surface area contributed by atoms with Gasteiger partial charge in [-0.2, -0.15) is 0 Å². The van der Waals surface area contributed by atoms with Crippen LogP contribution in [0.3, 0.4) is 0 Å². The fraction of sp³-hybridized carbons (Fsp3) is 0.500. The van der Waals surface area contributed by atoms with Crippen molar-refractivity contribution < 1.29 is 4.79 Å². The van der Waals surface area contributed by atoms with Crippen molar-refractivity contribution in [1.29, 1.82) is 0 Å². The fourth-order valence-corrected chi connectivity index (χ4v) is 4.52. The molecule has 0 amide bonds. The summed E-state index contributed by atoms with van der Waals surface area (Å²) in [5, 5.41) is 0. The van der Waals surface area contributed by atoms with E-state index in [1.807, 2.05) is 6.07 Å². The number of hydrogen-bond acceptors (Lipinski definition) is 1. The normalized spacial score (nSPS) is 32.9. The van der Waals surface area contributed by atoms with Crippen LogP contribution < -0.4 is 0 Å². The molecule has 0 spiro atoms. The molecule has 2 aliphatic rings. The Bertz CT molecular complexity index is 538. The molecule has 2 unspecified atom stereocenters. The average molecular weight is 254 g/mol. The quantitative estimate of drug-likeness (QED) is 0.760. The van der Waals surface area contributed by atoms with Gasteiger partial charge in [0, 0.05) is 6.42 Å². The zero-order valence-electron chi connectivity index (χ0n) is 12.1. The van der Waals surface area contributed by atoms with Gasteiger partial charge in [-0.3, -0.25) is 4.79 Å². The Morgan fingerprint density at radius 1 is 1.26 bits per heavy atom. The van der Waals surface area contributed by atoms with Crippen LogP contribution >= 0.6 is 0 Å². The second-order valence-electron chi connectivity index (χ2n) is 6.73. The summed E-state index contributed by atoms with van der Waals surface area (Å²) < 4.78 is 0. The van der Waals surface area contributed by atoms with Gasteiger partial charge in [0.2, 0.25) is 0 Å². The smallest absolute Gasteiger partial charge is 0.143 e. The molecule has 1 aromatic rings. The minimum Gasteiger partial charge on any atom is -0.299 e. The Hall–Kier alpha value is -1.37. The molecule has 0 aliphatic heterocycles. The molecule has 2 fully saturated rings. The summed E-state index contributed by atoms with van der Waals surface area (Å²) in [7, 11) is 0. The summed E-state index contributed by atoms with van der Waals surface area (Å²) >= 11 is 0. The third-order valence-electron chi connectivity index (χ3n) is 5.75. The van der Waals surface area contributed by atoms with Gasteiger partial charge in [-0.15, -0.1) is 0 Å². The molecule has 2 saturated carbocycles. The van der Waals surface area contributed by atoms with Crippen molar-refractivity contribution in [3.8, 4) is 0 Å². The number of carbonyl (C=O) groups is 1. The van der Waals surface area contributed by atoms with E-state index < -0.39 is 0 Å². The van der Waals surface area contributed by atoms with Gasteiger partial charge in [0.1, 0.15) is 5.78 Å². The maximum absolute atomic E-state index is 12.6. The van der Waals surface area contributed by atoms with Gasteiger partial charge in [-0.05, 0) is 36.7 Å². The highest BCUT2D eigenvalue weighted by atomic mass is 16.1. The Balaban J connectivity index is 2.05. The Morgan fingerprint density at radius 3 is 2.47 bits per heavy atom. The molecule has 0 heterocycles. The SMILES string of the molecule is CC(=Cc1ccccc1)C12CCC(CC1=O)C2(C)C. The molecular formula is C18H22O. The predicted octanol–water partition coefficient (Wildman–Crippen LogP) is 4.49. The van der Waals surface area contributed by atoms with Crippen molar-refractivity contribution >= 4 is 11.9 Å². The van der Waals surface area contributed by atoms with Crippen molar-refractivity contribution in [3.05, 3.63) is 41.5 Å². The molecule has 1 heteroatoms. The van der Waals surface area contributed by atoms with Gasteiger partial charge in [0.05, 0.1) is 5.41 Å². The van der Waals surface area contributed by atoms with Crippen LogP contribution in [0.15, 0.2) is 35.9 Å². The van der Waals surface area contributed by atoms with Gasteiger partial charge in [0.15, 0.2) is 0 Å². The molecule has 2 atom stereocenters. The summed E-state index contributed by atoms with van der Waals surface area (Å²) in [6, 6.07) is 10.4. The number of rotatable bonds is 2. The lowest BCUT2D eigenvalue weighted by atomic mass is 9.64. The highest BCUT2D eigenvalue weighted by molar-refractivity contribution is 5.93. The first-order chi connectivity index (χ1) is 8.98. The molecule has 1 aromatic carbocycles. The van der Waals surface area contributed by atoms with E-state index in [9.17, 15) is 4.79 Å². The van der Waals surface area contributed by atoms with Crippen LogP contribution in [0.4, 0.5) is 0 Å². The molecule has 0 N–H and O–H groups in total. The van der Waals surface area contributed by atoms with E-state index in [-0.39, 0.29) is 10.8 Å². The van der Waals surface area contributed by atoms with E-state index in [1.54, 1.807) is 0 Å². The molecule has 2 aliphatic carbocycles. The third-order valence-corrected chi connectivity index (χ3v) is 5.75. The third kappa shape index (κ3) is 1.57. The molecule has 3 rings (SSSR count). The van der Waals surface area contributed by atoms with Crippen LogP contribution in [0.5, 0.6) is 0 Å². The summed E-state index contributed by atoms with van der Waals surface area (Å²) in [6.45, 7) is 6.73. The number of hydrogen-bond donors (Lipinski definition) is 0. The van der Waals surface area contributed by atoms with Gasteiger partial charge >= 0.3 is 0 Å². The molecule has 1 nitrogen and oxygen atoms in total. The Kier molecular flexibility index (Phi) is 2.70. The number of fused-ring (bicyclic) bond motifs is 2. The van der Waals surface area contributed by atoms with Crippen LogP contribution in [0, 0.1) is 16.7 Å². The monoisotopic (exact) mass is 254 g/mol. The fourth-order valence-electron chi connectivity index (χ4n) is 4.52. The average Bonchev–Trinajstić information content (AvgIpc) is 2.74. The van der Waals surface area contributed by atoms with Crippen molar-refractivity contribution in [2.24, 2.45) is 16.7 Å². The highest BCUT2D eigenvalue weighted by Gasteiger charge is 2.64. The first-order valence-electron chi connectivity index (χ1n) is 7.25. The van der Waals surface area contributed by atoms with Crippen molar-refractivity contribution in [2.75, 3.05) is 0 Å². The lowest BCUT2D eigenvalue weighted by Gasteiger charge is -2.37. The topological polar surface area (TPSA) is 17.1 Å². The molecule has 0 saturated heterocycles. The van der Waals surface area contributed by atoms with Crippen molar-refractivity contribution in [1.82, 2.24) is 0 Å². The van der Waals surface area contributed by atoms with Crippen LogP contribution in [0.25, 0.3) is 6.08 Å². The summed E-state index contributed by atoms with van der Waals surface area (Å²) in [5.41, 5.74) is 2.38. The molecule has 2 bridgehead atoms. The predicted molar refractivity (Wildman–Crippen MR) is 78.7 cm³/mol.